The molecule has 1 rings (SSSR count). The fourth-order valence-electron chi connectivity index (χ4n) is 2.85. The minimum Gasteiger partial charge on any atom is -0.468 e. The van der Waals surface area contributed by atoms with Crippen LogP contribution in [0.1, 0.15) is 59.3 Å². The van der Waals surface area contributed by atoms with Crippen LogP contribution >= 0.6 is 0 Å². The van der Waals surface area contributed by atoms with Crippen LogP contribution in [-0.2, 0) is 14.3 Å². The van der Waals surface area contributed by atoms with E-state index in [-0.39, 0.29) is 5.97 Å². The van der Waals surface area contributed by atoms with Crippen molar-refractivity contribution in [2.75, 3.05) is 20.3 Å². The smallest absolute Gasteiger partial charge is 0.325 e. The Labute approximate surface area is 123 Å². The predicted octanol–water partition coefficient (Wildman–Crippen LogP) is 2.90. The first kappa shape index (κ1) is 17.4. The lowest BCUT2D eigenvalue weighted by Gasteiger charge is -2.30. The molecule has 20 heavy (non-hydrogen) atoms. The van der Waals surface area contributed by atoms with Crippen molar-refractivity contribution in [3.8, 4) is 0 Å². The van der Waals surface area contributed by atoms with Crippen LogP contribution in [0.2, 0.25) is 0 Å². The van der Waals surface area contributed by atoms with Crippen molar-refractivity contribution in [3.05, 3.63) is 0 Å². The van der Waals surface area contributed by atoms with Gasteiger partial charge in [-0.1, -0.05) is 26.7 Å². The van der Waals surface area contributed by atoms with Crippen LogP contribution in [0.15, 0.2) is 0 Å². The fraction of sp³-hybridized carbons (Fsp3) is 0.938. The lowest BCUT2D eigenvalue weighted by Crippen LogP contribution is -2.51. The number of esters is 1. The molecule has 0 aromatic carbocycles. The van der Waals surface area contributed by atoms with Crippen molar-refractivity contribution < 1.29 is 14.3 Å². The third kappa shape index (κ3) is 5.41. The Morgan fingerprint density at radius 1 is 1.40 bits per heavy atom. The highest BCUT2D eigenvalue weighted by Crippen LogP contribution is 2.26. The third-order valence-corrected chi connectivity index (χ3v) is 4.24. The molecule has 0 heterocycles. The summed E-state index contributed by atoms with van der Waals surface area (Å²) in [7, 11) is 1.44. The minimum absolute atomic E-state index is 0.202. The maximum atomic E-state index is 11.9. The molecule has 4 heteroatoms. The van der Waals surface area contributed by atoms with Crippen molar-refractivity contribution in [2.45, 2.75) is 70.9 Å². The molecule has 0 spiro atoms. The van der Waals surface area contributed by atoms with Gasteiger partial charge in [0.05, 0.1) is 13.2 Å². The molecule has 3 unspecified atom stereocenters. The SMILES string of the molecule is CCCNC(C)(CCOC1CCCC(C)C1)C(=O)OC. The predicted molar refractivity (Wildman–Crippen MR) is 80.7 cm³/mol. The molecule has 0 aromatic rings. The molecule has 0 radical (unpaired) electrons. The lowest BCUT2D eigenvalue weighted by atomic mass is 9.88. The number of carbonyl (C=O) groups is 1. The summed E-state index contributed by atoms with van der Waals surface area (Å²) in [6.07, 6.45) is 6.90. The summed E-state index contributed by atoms with van der Waals surface area (Å²) < 4.78 is 10.9. The number of rotatable bonds is 8. The van der Waals surface area contributed by atoms with Gasteiger partial charge < -0.3 is 14.8 Å². The molecule has 1 aliphatic carbocycles. The first-order valence-corrected chi connectivity index (χ1v) is 7.97. The Balaban J connectivity index is 2.39. The number of hydrogen-bond acceptors (Lipinski definition) is 4. The molecule has 1 saturated carbocycles. The van der Waals surface area contributed by atoms with Crippen LogP contribution in [0, 0.1) is 5.92 Å². The fourth-order valence-corrected chi connectivity index (χ4v) is 2.85. The molecule has 0 aromatic heterocycles. The first-order chi connectivity index (χ1) is 9.51. The van der Waals surface area contributed by atoms with E-state index in [4.69, 9.17) is 9.47 Å². The van der Waals surface area contributed by atoms with Crippen LogP contribution in [0.25, 0.3) is 0 Å². The standard InChI is InChI=1S/C16H31NO3/c1-5-10-17-16(3,15(18)19-4)9-11-20-14-8-6-7-13(2)12-14/h13-14,17H,5-12H2,1-4H3. The van der Waals surface area contributed by atoms with Crippen molar-refractivity contribution in [1.29, 1.82) is 0 Å². The molecular weight excluding hydrogens is 254 g/mol. The van der Waals surface area contributed by atoms with Crippen molar-refractivity contribution in [2.24, 2.45) is 5.92 Å². The Kier molecular flexibility index (Phi) is 7.52. The molecule has 1 N–H and O–H groups in total. The van der Waals surface area contributed by atoms with E-state index in [0.29, 0.717) is 19.1 Å². The van der Waals surface area contributed by atoms with Crippen LogP contribution in [0.5, 0.6) is 0 Å². The van der Waals surface area contributed by atoms with E-state index in [1.54, 1.807) is 0 Å². The van der Waals surface area contributed by atoms with Crippen LogP contribution in [0.3, 0.4) is 0 Å². The van der Waals surface area contributed by atoms with Crippen molar-refractivity contribution in [3.63, 3.8) is 0 Å². The van der Waals surface area contributed by atoms with Gasteiger partial charge in [0, 0.05) is 6.61 Å². The average Bonchev–Trinajstić information content (AvgIpc) is 2.44. The van der Waals surface area contributed by atoms with E-state index in [1.165, 1.54) is 20.0 Å². The second-order valence-corrected chi connectivity index (χ2v) is 6.27. The number of carbonyl (C=O) groups excluding carboxylic acids is 1. The minimum atomic E-state index is -0.634. The molecule has 3 atom stereocenters. The lowest BCUT2D eigenvalue weighted by molar-refractivity contribution is -0.149. The summed E-state index contributed by atoms with van der Waals surface area (Å²) in [5.41, 5.74) is -0.634. The summed E-state index contributed by atoms with van der Waals surface area (Å²) in [5.74, 6) is 0.561. The zero-order valence-electron chi connectivity index (χ0n) is 13.5. The molecule has 4 nitrogen and oxygen atoms in total. The van der Waals surface area contributed by atoms with Gasteiger partial charge in [-0.05, 0) is 45.1 Å². The number of ether oxygens (including phenoxy) is 2. The van der Waals surface area contributed by atoms with E-state index >= 15 is 0 Å². The quantitative estimate of drug-likeness (QED) is 0.697. The van der Waals surface area contributed by atoms with Gasteiger partial charge in [-0.25, -0.2) is 0 Å². The summed E-state index contributed by atoms with van der Waals surface area (Å²) in [5, 5.41) is 3.29. The van der Waals surface area contributed by atoms with Crippen LogP contribution < -0.4 is 5.32 Å². The maximum absolute atomic E-state index is 11.9. The van der Waals surface area contributed by atoms with Gasteiger partial charge in [0.25, 0.3) is 0 Å². The topological polar surface area (TPSA) is 47.6 Å². The maximum Gasteiger partial charge on any atom is 0.325 e. The van der Waals surface area contributed by atoms with Gasteiger partial charge in [-0.3, -0.25) is 4.79 Å². The Morgan fingerprint density at radius 2 is 2.15 bits per heavy atom. The van der Waals surface area contributed by atoms with Gasteiger partial charge in [-0.15, -0.1) is 0 Å². The molecule has 0 amide bonds. The molecule has 0 bridgehead atoms. The van der Waals surface area contributed by atoms with E-state index in [1.807, 2.05) is 6.92 Å². The molecular formula is C16H31NO3. The summed E-state index contributed by atoms with van der Waals surface area (Å²) in [6.45, 7) is 7.70. The summed E-state index contributed by atoms with van der Waals surface area (Å²) in [6, 6.07) is 0. The molecule has 0 saturated heterocycles. The second-order valence-electron chi connectivity index (χ2n) is 6.27. The van der Waals surface area contributed by atoms with Gasteiger partial charge in [0.1, 0.15) is 5.54 Å². The summed E-state index contributed by atoms with van der Waals surface area (Å²) in [4.78, 5) is 11.9. The Morgan fingerprint density at radius 3 is 2.75 bits per heavy atom. The zero-order chi connectivity index (χ0) is 15.0. The number of hydrogen-bond donors (Lipinski definition) is 1. The van der Waals surface area contributed by atoms with Crippen molar-refractivity contribution in [1.82, 2.24) is 5.32 Å². The van der Waals surface area contributed by atoms with E-state index < -0.39 is 5.54 Å². The highest BCUT2D eigenvalue weighted by molar-refractivity contribution is 5.80. The highest BCUT2D eigenvalue weighted by Gasteiger charge is 2.33. The van der Waals surface area contributed by atoms with Crippen LogP contribution in [-0.4, -0.2) is 37.9 Å². The Hall–Kier alpha value is -0.610. The number of methoxy groups -OCH3 is 1. The number of nitrogens with one attached hydrogen (secondary N) is 1. The van der Waals surface area contributed by atoms with Gasteiger partial charge >= 0.3 is 5.97 Å². The van der Waals surface area contributed by atoms with E-state index in [0.717, 1.165) is 31.7 Å². The third-order valence-electron chi connectivity index (χ3n) is 4.24. The molecule has 1 aliphatic rings. The monoisotopic (exact) mass is 285 g/mol. The largest absolute Gasteiger partial charge is 0.468 e. The van der Waals surface area contributed by atoms with Crippen LogP contribution in [0.4, 0.5) is 0 Å². The molecule has 0 aliphatic heterocycles. The Bertz CT molecular complexity index is 295. The normalized spacial score (nSPS) is 26.0. The van der Waals surface area contributed by atoms with E-state index in [2.05, 4.69) is 19.2 Å². The second kappa shape index (κ2) is 8.63. The highest BCUT2D eigenvalue weighted by atomic mass is 16.5. The van der Waals surface area contributed by atoms with E-state index in [9.17, 15) is 4.79 Å². The van der Waals surface area contributed by atoms with Gasteiger partial charge in [0.2, 0.25) is 0 Å². The zero-order valence-corrected chi connectivity index (χ0v) is 13.5. The van der Waals surface area contributed by atoms with Gasteiger partial charge in [-0.2, -0.15) is 0 Å². The van der Waals surface area contributed by atoms with Crippen molar-refractivity contribution >= 4 is 5.97 Å². The molecule has 118 valence electrons. The molecule has 1 fully saturated rings. The summed E-state index contributed by atoms with van der Waals surface area (Å²) >= 11 is 0. The van der Waals surface area contributed by atoms with Gasteiger partial charge in [0.15, 0.2) is 0 Å². The average molecular weight is 285 g/mol. The first-order valence-electron chi connectivity index (χ1n) is 7.97.